The van der Waals surface area contributed by atoms with E-state index in [1.807, 2.05) is 6.92 Å². The number of aryl methyl sites for hydroxylation is 2. The Kier molecular flexibility index (Phi) is 2.38. The Hall–Kier alpha value is -1.45. The van der Waals surface area contributed by atoms with Crippen molar-refractivity contribution in [2.24, 2.45) is 0 Å². The Bertz CT molecular complexity index is 310. The first kappa shape index (κ1) is 8.64. The molecule has 4 heteroatoms. The van der Waals surface area contributed by atoms with E-state index in [0.29, 0.717) is 6.42 Å². The predicted molar refractivity (Wildman–Crippen MR) is 43.1 cm³/mol. The Morgan fingerprint density at radius 3 is 2.75 bits per heavy atom. The fourth-order valence-corrected chi connectivity index (χ4v) is 0.992. The summed E-state index contributed by atoms with van der Waals surface area (Å²) in [7, 11) is 0. The highest BCUT2D eigenvalue weighted by Crippen LogP contribution is 2.06. The molecule has 0 atom stereocenters. The summed E-state index contributed by atoms with van der Waals surface area (Å²) in [6.45, 7) is 3.68. The molecule has 0 aliphatic carbocycles. The van der Waals surface area contributed by atoms with E-state index in [1.54, 1.807) is 13.0 Å². The van der Waals surface area contributed by atoms with Crippen LogP contribution in [0.4, 0.5) is 0 Å². The summed E-state index contributed by atoms with van der Waals surface area (Å²) in [4.78, 5) is 10.6. The molecule has 1 N–H and O–H groups in total. The lowest BCUT2D eigenvalue weighted by Crippen LogP contribution is -2.07. The highest BCUT2D eigenvalue weighted by molar-refractivity contribution is 5.86. The molecule has 1 heterocycles. The molecule has 0 aromatic carbocycles. The van der Waals surface area contributed by atoms with Gasteiger partial charge < -0.3 is 5.11 Å². The van der Waals surface area contributed by atoms with Crippen LogP contribution in [0.1, 0.15) is 28.7 Å². The van der Waals surface area contributed by atoms with Gasteiger partial charge in [0, 0.05) is 0 Å². The molecule has 1 rings (SSSR count). The molecule has 0 aliphatic heterocycles. The van der Waals surface area contributed by atoms with Crippen LogP contribution in [0.5, 0.6) is 0 Å². The quantitative estimate of drug-likeness (QED) is 0.713. The van der Waals surface area contributed by atoms with Crippen molar-refractivity contribution in [2.75, 3.05) is 0 Å². The highest BCUT2D eigenvalue weighted by Gasteiger charge is 2.10. The third-order valence-electron chi connectivity index (χ3n) is 1.58. The topological polar surface area (TPSA) is 63.1 Å². The molecule has 0 unspecified atom stereocenters. The van der Waals surface area contributed by atoms with Gasteiger partial charge in [-0.25, -0.2) is 4.79 Å². The minimum atomic E-state index is -1.01. The van der Waals surface area contributed by atoms with Crippen LogP contribution in [0.15, 0.2) is 6.07 Å². The van der Waals surface area contributed by atoms with E-state index in [-0.39, 0.29) is 5.69 Å². The van der Waals surface area contributed by atoms with Gasteiger partial charge in [0.1, 0.15) is 0 Å². The molecule has 0 spiro atoms. The van der Waals surface area contributed by atoms with Crippen molar-refractivity contribution in [3.63, 3.8) is 0 Å². The Morgan fingerprint density at radius 2 is 2.25 bits per heavy atom. The van der Waals surface area contributed by atoms with Crippen LogP contribution in [-0.4, -0.2) is 21.3 Å². The van der Waals surface area contributed by atoms with Crippen molar-refractivity contribution >= 4 is 5.97 Å². The molecule has 0 aliphatic rings. The second kappa shape index (κ2) is 3.30. The molecule has 12 heavy (non-hydrogen) atoms. The zero-order valence-electron chi connectivity index (χ0n) is 7.03. The van der Waals surface area contributed by atoms with Crippen LogP contribution in [0.3, 0.4) is 0 Å². The van der Waals surface area contributed by atoms with E-state index in [2.05, 4.69) is 10.2 Å². The minimum Gasteiger partial charge on any atom is -0.476 e. The first-order chi connectivity index (χ1) is 5.65. The average Bonchev–Trinajstić information content (AvgIpc) is 2.03. The molecule has 1 aromatic heterocycles. The third kappa shape index (κ3) is 1.58. The average molecular weight is 166 g/mol. The van der Waals surface area contributed by atoms with Gasteiger partial charge in [-0.1, -0.05) is 6.92 Å². The Balaban J connectivity index is 3.20. The first-order valence-electron chi connectivity index (χ1n) is 3.71. The summed E-state index contributed by atoms with van der Waals surface area (Å²) in [6, 6.07) is 1.75. The first-order valence-corrected chi connectivity index (χ1v) is 3.71. The summed E-state index contributed by atoms with van der Waals surface area (Å²) in [6.07, 6.45) is 0.665. The smallest absolute Gasteiger partial charge is 0.356 e. The second-order valence-corrected chi connectivity index (χ2v) is 2.52. The Labute approximate surface area is 70.3 Å². The molecular formula is C8H10N2O2. The number of rotatable bonds is 2. The number of hydrogen-bond acceptors (Lipinski definition) is 3. The summed E-state index contributed by atoms with van der Waals surface area (Å²) in [5, 5.41) is 16.0. The van der Waals surface area contributed by atoms with Crippen LogP contribution in [0.25, 0.3) is 0 Å². The maximum Gasteiger partial charge on any atom is 0.356 e. The van der Waals surface area contributed by atoms with E-state index in [9.17, 15) is 4.79 Å². The van der Waals surface area contributed by atoms with Crippen molar-refractivity contribution in [3.05, 3.63) is 23.0 Å². The van der Waals surface area contributed by atoms with Crippen LogP contribution >= 0.6 is 0 Å². The number of carboxylic acids is 1. The normalized spacial score (nSPS) is 9.83. The summed E-state index contributed by atoms with van der Waals surface area (Å²) >= 11 is 0. The van der Waals surface area contributed by atoms with E-state index in [1.165, 1.54) is 0 Å². The number of aromatic carboxylic acids is 1. The molecule has 4 nitrogen and oxygen atoms in total. The molecule has 0 bridgehead atoms. The standard InChI is InChI=1S/C8H10N2O2/c1-3-6-4-5(2)9-10-7(6)8(11)12/h4H,3H2,1-2H3,(H,11,12). The number of hydrogen-bond donors (Lipinski definition) is 1. The SMILES string of the molecule is CCc1cc(C)nnc1C(=O)O. The van der Waals surface area contributed by atoms with Crippen LogP contribution in [-0.2, 0) is 6.42 Å². The van der Waals surface area contributed by atoms with Crippen molar-refractivity contribution in [1.82, 2.24) is 10.2 Å². The molecular weight excluding hydrogens is 156 g/mol. The summed E-state index contributed by atoms with van der Waals surface area (Å²) < 4.78 is 0. The van der Waals surface area contributed by atoms with Gasteiger partial charge in [-0.05, 0) is 25.0 Å². The van der Waals surface area contributed by atoms with Gasteiger partial charge >= 0.3 is 5.97 Å². The van der Waals surface area contributed by atoms with Gasteiger partial charge in [0.25, 0.3) is 0 Å². The molecule has 0 saturated heterocycles. The number of carbonyl (C=O) groups is 1. The van der Waals surface area contributed by atoms with Gasteiger partial charge in [0.15, 0.2) is 5.69 Å². The fraction of sp³-hybridized carbons (Fsp3) is 0.375. The van der Waals surface area contributed by atoms with Gasteiger partial charge in [0.2, 0.25) is 0 Å². The second-order valence-electron chi connectivity index (χ2n) is 2.52. The van der Waals surface area contributed by atoms with Crippen molar-refractivity contribution in [3.8, 4) is 0 Å². The summed E-state index contributed by atoms with van der Waals surface area (Å²) in [5.41, 5.74) is 1.54. The van der Waals surface area contributed by atoms with Gasteiger partial charge in [-0.15, -0.1) is 5.10 Å². The molecule has 0 saturated carbocycles. The molecule has 64 valence electrons. The molecule has 0 amide bonds. The largest absolute Gasteiger partial charge is 0.476 e. The lowest BCUT2D eigenvalue weighted by Gasteiger charge is -2.00. The third-order valence-corrected chi connectivity index (χ3v) is 1.58. The van der Waals surface area contributed by atoms with E-state index in [4.69, 9.17) is 5.11 Å². The maximum absolute atomic E-state index is 10.6. The van der Waals surface area contributed by atoms with Crippen LogP contribution < -0.4 is 0 Å². The van der Waals surface area contributed by atoms with Crippen molar-refractivity contribution < 1.29 is 9.90 Å². The molecule has 0 fully saturated rings. The fourth-order valence-electron chi connectivity index (χ4n) is 0.992. The number of aromatic nitrogens is 2. The Morgan fingerprint density at radius 1 is 1.58 bits per heavy atom. The number of carboxylic acid groups (broad SMARTS) is 1. The predicted octanol–water partition coefficient (Wildman–Crippen LogP) is 1.05. The number of nitrogens with zero attached hydrogens (tertiary/aromatic N) is 2. The summed E-state index contributed by atoms with van der Waals surface area (Å²) in [5.74, 6) is -1.01. The molecule has 0 radical (unpaired) electrons. The zero-order valence-corrected chi connectivity index (χ0v) is 7.03. The monoisotopic (exact) mass is 166 g/mol. The van der Waals surface area contributed by atoms with Crippen LogP contribution in [0, 0.1) is 6.92 Å². The molecule has 1 aromatic rings. The van der Waals surface area contributed by atoms with Gasteiger partial charge in [0.05, 0.1) is 5.69 Å². The minimum absolute atomic E-state index is 0.0584. The lowest BCUT2D eigenvalue weighted by molar-refractivity contribution is 0.0688. The van der Waals surface area contributed by atoms with E-state index < -0.39 is 5.97 Å². The van der Waals surface area contributed by atoms with Gasteiger partial charge in [-0.2, -0.15) is 5.10 Å². The lowest BCUT2D eigenvalue weighted by atomic mass is 10.1. The van der Waals surface area contributed by atoms with Gasteiger partial charge in [-0.3, -0.25) is 0 Å². The highest BCUT2D eigenvalue weighted by atomic mass is 16.4. The van der Waals surface area contributed by atoms with Crippen LogP contribution in [0.2, 0.25) is 0 Å². The van der Waals surface area contributed by atoms with Crippen molar-refractivity contribution in [2.45, 2.75) is 20.3 Å². The van der Waals surface area contributed by atoms with E-state index in [0.717, 1.165) is 11.3 Å². The van der Waals surface area contributed by atoms with E-state index >= 15 is 0 Å². The zero-order chi connectivity index (χ0) is 9.14. The maximum atomic E-state index is 10.6. The van der Waals surface area contributed by atoms with Crippen molar-refractivity contribution in [1.29, 1.82) is 0 Å².